The summed E-state index contributed by atoms with van der Waals surface area (Å²) in [5, 5.41) is 2.30. The topological polar surface area (TPSA) is 15.0 Å². The van der Waals surface area contributed by atoms with Crippen LogP contribution in [0.25, 0.3) is 0 Å². The molecule has 1 N–H and O–H groups in total. The summed E-state index contributed by atoms with van der Waals surface area (Å²) < 4.78 is 0.549. The zero-order valence-electron chi connectivity index (χ0n) is 3.69. The summed E-state index contributed by atoms with van der Waals surface area (Å²) >= 11 is 3.64. The first kappa shape index (κ1) is 3.43. The van der Waals surface area contributed by atoms with Crippen LogP contribution >= 0.6 is 15.9 Å². The summed E-state index contributed by atoms with van der Waals surface area (Å²) in [5.74, 6) is 0. The quantitative estimate of drug-likeness (QED) is 0.387. The smallest absolute Gasteiger partial charge is 0.0766 e. The number of hydrogen-bond acceptors (Lipinski definition) is 2. The van der Waals surface area contributed by atoms with Crippen molar-refractivity contribution in [2.75, 3.05) is 6.54 Å². The van der Waals surface area contributed by atoms with E-state index in [1.807, 2.05) is 0 Å². The second kappa shape index (κ2) is 0.616. The Labute approximate surface area is 50.0 Å². The molecule has 7 heavy (non-hydrogen) atoms. The van der Waals surface area contributed by atoms with E-state index in [0.717, 1.165) is 18.6 Å². The van der Waals surface area contributed by atoms with Crippen LogP contribution in [0.3, 0.4) is 0 Å². The van der Waals surface area contributed by atoms with E-state index >= 15 is 0 Å². The molecule has 3 heteroatoms. The van der Waals surface area contributed by atoms with Crippen molar-refractivity contribution in [1.82, 2.24) is 10.4 Å². The number of nitrogens with zero attached hydrogens (tertiary/aromatic N) is 1. The number of nitrogens with one attached hydrogen (secondary N) is 1. The van der Waals surface area contributed by atoms with Crippen LogP contribution in [0.1, 0.15) is 0 Å². The minimum absolute atomic E-state index is 0.549. The molecule has 0 aromatic rings. The molecule has 38 valence electrons. The van der Waals surface area contributed by atoms with Gasteiger partial charge in [-0.25, -0.2) is 5.01 Å². The molecule has 4 atom stereocenters. The highest BCUT2D eigenvalue weighted by Gasteiger charge is 2.87. The van der Waals surface area contributed by atoms with Crippen molar-refractivity contribution in [2.24, 2.45) is 0 Å². The zero-order valence-corrected chi connectivity index (χ0v) is 5.27. The van der Waals surface area contributed by atoms with E-state index in [-0.39, 0.29) is 0 Å². The molecule has 2 unspecified atom stereocenters. The highest BCUT2D eigenvalue weighted by Crippen LogP contribution is 2.67. The monoisotopic (exact) mass is 160 g/mol. The first-order valence-electron chi connectivity index (χ1n) is 2.55. The van der Waals surface area contributed by atoms with E-state index in [2.05, 4.69) is 26.4 Å². The van der Waals surface area contributed by atoms with Crippen LogP contribution in [-0.2, 0) is 0 Å². The number of halogens is 1. The van der Waals surface area contributed by atoms with Gasteiger partial charge in [0.1, 0.15) is 0 Å². The fraction of sp³-hybridized carbons (Fsp3) is 1.00. The number of alkyl halides is 1. The highest BCUT2D eigenvalue weighted by atomic mass is 79.9. The van der Waals surface area contributed by atoms with Gasteiger partial charge in [0.25, 0.3) is 0 Å². The van der Waals surface area contributed by atoms with Gasteiger partial charge in [0, 0.05) is 6.54 Å². The first-order valence-corrected chi connectivity index (χ1v) is 3.34. The van der Waals surface area contributed by atoms with Gasteiger partial charge >= 0.3 is 0 Å². The van der Waals surface area contributed by atoms with E-state index < -0.39 is 0 Å². The van der Waals surface area contributed by atoms with E-state index in [1.165, 1.54) is 0 Å². The first-order chi connectivity index (χ1) is 3.34. The lowest BCUT2D eigenvalue weighted by atomic mass is 10.4. The normalized spacial score (nSPS) is 81.0. The number of hydrazine groups is 1. The van der Waals surface area contributed by atoms with Crippen LogP contribution in [-0.4, -0.2) is 28.0 Å². The number of fused-ring (bicyclic) bond motifs is 1. The minimum Gasteiger partial charge on any atom is -0.253 e. The van der Waals surface area contributed by atoms with Gasteiger partial charge in [-0.15, -0.1) is 0 Å². The minimum atomic E-state index is 0.549. The predicted octanol–water partition coefficient (Wildman–Crippen LogP) is -0.295. The van der Waals surface area contributed by atoms with Crippen molar-refractivity contribution in [3.63, 3.8) is 0 Å². The van der Waals surface area contributed by atoms with Crippen LogP contribution in [0.2, 0.25) is 0 Å². The molecule has 0 spiro atoms. The van der Waals surface area contributed by atoms with Crippen LogP contribution in [0, 0.1) is 0 Å². The summed E-state index contributed by atoms with van der Waals surface area (Å²) in [6.45, 7) is 1.16. The number of hydrogen-bond donors (Lipinski definition) is 1. The average molecular weight is 161 g/mol. The van der Waals surface area contributed by atoms with E-state index in [1.54, 1.807) is 0 Å². The molecule has 3 saturated heterocycles. The van der Waals surface area contributed by atoms with Crippen molar-refractivity contribution < 1.29 is 0 Å². The predicted molar refractivity (Wildman–Crippen MR) is 29.1 cm³/mol. The lowest BCUT2D eigenvalue weighted by molar-refractivity contribution is 0.411. The van der Waals surface area contributed by atoms with Crippen molar-refractivity contribution >= 4 is 15.9 Å². The third kappa shape index (κ3) is 0.178. The van der Waals surface area contributed by atoms with Gasteiger partial charge in [0.2, 0.25) is 0 Å². The van der Waals surface area contributed by atoms with Crippen LogP contribution in [0.5, 0.6) is 0 Å². The maximum atomic E-state index is 3.64. The standard InChI is InChI=1S/C4H5BrN2/c5-4-1-6-7-2(4)3(4)7/h2-3,6H,1H2/t2-,3+,4?,7?. The Morgan fingerprint density at radius 3 is 2.57 bits per heavy atom. The molecule has 0 amide bonds. The van der Waals surface area contributed by atoms with E-state index in [4.69, 9.17) is 0 Å². The van der Waals surface area contributed by atoms with Crippen LogP contribution in [0.4, 0.5) is 0 Å². The van der Waals surface area contributed by atoms with Crippen LogP contribution < -0.4 is 5.43 Å². The molecule has 4 fully saturated rings. The molecular weight excluding hydrogens is 156 g/mol. The van der Waals surface area contributed by atoms with Crippen LogP contribution in [0.15, 0.2) is 0 Å². The lowest BCUT2D eigenvalue weighted by Crippen LogP contribution is -2.16. The second-order valence-electron chi connectivity index (χ2n) is 2.56. The fourth-order valence-electron chi connectivity index (χ4n) is 1.60. The SMILES string of the molecule is BrC12CNN3[C@H]1[C@@H]32. The molecule has 1 aliphatic carbocycles. The third-order valence-electron chi connectivity index (χ3n) is 2.22. The summed E-state index contributed by atoms with van der Waals surface area (Å²) in [4.78, 5) is 0. The zero-order chi connectivity index (χ0) is 4.65. The molecule has 2 bridgehead atoms. The van der Waals surface area contributed by atoms with Gasteiger partial charge in [0.15, 0.2) is 0 Å². The van der Waals surface area contributed by atoms with Crippen molar-refractivity contribution in [3.8, 4) is 0 Å². The molecule has 1 saturated carbocycles. The summed E-state index contributed by atoms with van der Waals surface area (Å²) in [6, 6.07) is 1.76. The van der Waals surface area contributed by atoms with Gasteiger partial charge in [-0.1, -0.05) is 15.9 Å². The summed E-state index contributed by atoms with van der Waals surface area (Å²) in [5.41, 5.74) is 3.26. The van der Waals surface area contributed by atoms with Crippen molar-refractivity contribution in [3.05, 3.63) is 0 Å². The molecule has 2 nitrogen and oxygen atoms in total. The van der Waals surface area contributed by atoms with E-state index in [9.17, 15) is 0 Å². The molecule has 4 rings (SSSR count). The van der Waals surface area contributed by atoms with Gasteiger partial charge in [-0.05, 0) is 0 Å². The second-order valence-corrected chi connectivity index (χ2v) is 4.04. The third-order valence-corrected chi connectivity index (χ3v) is 3.43. The van der Waals surface area contributed by atoms with E-state index in [0.29, 0.717) is 4.32 Å². The Balaban J connectivity index is 2.16. The largest absolute Gasteiger partial charge is 0.253 e. The Morgan fingerprint density at radius 1 is 1.71 bits per heavy atom. The average Bonchev–Trinajstić information content (AvgIpc) is 2.42. The molecule has 3 aliphatic heterocycles. The molecule has 0 radical (unpaired) electrons. The summed E-state index contributed by atoms with van der Waals surface area (Å²) in [7, 11) is 0. The van der Waals surface area contributed by atoms with Crippen molar-refractivity contribution in [2.45, 2.75) is 16.4 Å². The lowest BCUT2D eigenvalue weighted by Gasteiger charge is -2.00. The van der Waals surface area contributed by atoms with Crippen molar-refractivity contribution in [1.29, 1.82) is 0 Å². The van der Waals surface area contributed by atoms with Gasteiger partial charge in [-0.3, -0.25) is 5.43 Å². The number of rotatable bonds is 0. The Bertz CT molecular complexity index is 137. The molecule has 3 heterocycles. The maximum absolute atomic E-state index is 3.64. The summed E-state index contributed by atoms with van der Waals surface area (Å²) in [6.07, 6.45) is 0. The Kier molecular flexibility index (Phi) is 0.302. The molecule has 4 aliphatic rings. The highest BCUT2D eigenvalue weighted by molar-refractivity contribution is 9.10. The Hall–Kier alpha value is 0.400. The fourth-order valence-corrected chi connectivity index (χ4v) is 2.54. The molecular formula is C4H5BrN2. The van der Waals surface area contributed by atoms with Gasteiger partial charge < -0.3 is 0 Å². The van der Waals surface area contributed by atoms with Gasteiger partial charge in [0.05, 0.1) is 16.4 Å². The maximum Gasteiger partial charge on any atom is 0.0766 e. The molecule has 0 aromatic heterocycles. The van der Waals surface area contributed by atoms with Gasteiger partial charge in [-0.2, -0.15) is 0 Å². The molecule has 0 aromatic carbocycles. The Morgan fingerprint density at radius 2 is 2.43 bits per heavy atom.